The smallest absolute Gasteiger partial charge is 0.191 e. The Bertz CT molecular complexity index is 468. The summed E-state index contributed by atoms with van der Waals surface area (Å²) in [6.07, 6.45) is 1.05. The van der Waals surface area contributed by atoms with Gasteiger partial charge in [0.05, 0.1) is 16.6 Å². The number of aliphatic imine (C=N–C) groups is 1. The third-order valence-electron chi connectivity index (χ3n) is 3.75. The molecule has 2 N–H and O–H groups in total. The van der Waals surface area contributed by atoms with Crippen molar-refractivity contribution in [3.8, 4) is 0 Å². The summed E-state index contributed by atoms with van der Waals surface area (Å²) in [6.45, 7) is 15.9. The second kappa shape index (κ2) is 10.9. The van der Waals surface area contributed by atoms with Crippen LogP contribution in [0.5, 0.6) is 0 Å². The van der Waals surface area contributed by atoms with Crippen molar-refractivity contribution in [1.29, 1.82) is 0 Å². The second-order valence-electron chi connectivity index (χ2n) is 7.15. The molecule has 0 fully saturated rings. The molecule has 0 aromatic carbocycles. The summed E-state index contributed by atoms with van der Waals surface area (Å²) >= 11 is 0. The van der Waals surface area contributed by atoms with Gasteiger partial charge in [-0.05, 0) is 47.0 Å². The molecule has 0 saturated carbocycles. The number of rotatable bonds is 10. The molecule has 0 saturated heterocycles. The van der Waals surface area contributed by atoms with E-state index in [1.54, 1.807) is 20.8 Å². The van der Waals surface area contributed by atoms with Gasteiger partial charge in [-0.25, -0.2) is 8.42 Å². The van der Waals surface area contributed by atoms with Gasteiger partial charge in [0.25, 0.3) is 0 Å². The summed E-state index contributed by atoms with van der Waals surface area (Å²) in [4.78, 5) is 4.52. The van der Waals surface area contributed by atoms with Crippen LogP contribution in [0.4, 0.5) is 0 Å². The molecule has 24 heavy (non-hydrogen) atoms. The average Bonchev–Trinajstić information content (AvgIpc) is 2.44. The normalized spacial score (nSPS) is 14.8. The number of sulfone groups is 1. The first kappa shape index (κ1) is 23.2. The first-order valence-corrected chi connectivity index (χ1v) is 10.6. The molecule has 0 aliphatic carbocycles. The van der Waals surface area contributed by atoms with Gasteiger partial charge in [-0.1, -0.05) is 13.8 Å². The molecule has 0 rings (SSSR count). The van der Waals surface area contributed by atoms with Crippen molar-refractivity contribution in [2.75, 3.05) is 32.0 Å². The Labute approximate surface area is 148 Å². The van der Waals surface area contributed by atoms with Crippen molar-refractivity contribution in [3.05, 3.63) is 0 Å². The van der Waals surface area contributed by atoms with E-state index in [1.165, 1.54) is 0 Å². The maximum Gasteiger partial charge on any atom is 0.191 e. The van der Waals surface area contributed by atoms with E-state index < -0.39 is 14.6 Å². The summed E-state index contributed by atoms with van der Waals surface area (Å²) in [5.74, 6) is 1.20. The van der Waals surface area contributed by atoms with E-state index in [0.29, 0.717) is 31.6 Å². The fraction of sp³-hybridized carbons (Fsp3) is 0.941. The van der Waals surface area contributed by atoms with Crippen molar-refractivity contribution in [2.45, 2.75) is 65.7 Å². The maximum absolute atomic E-state index is 12.1. The lowest BCUT2D eigenvalue weighted by Gasteiger charge is -2.21. The highest BCUT2D eigenvalue weighted by molar-refractivity contribution is 7.92. The van der Waals surface area contributed by atoms with Gasteiger partial charge in [0.2, 0.25) is 0 Å². The molecule has 7 heteroatoms. The van der Waals surface area contributed by atoms with Gasteiger partial charge < -0.3 is 15.4 Å². The van der Waals surface area contributed by atoms with Crippen LogP contribution in [0.1, 0.15) is 54.9 Å². The Kier molecular flexibility index (Phi) is 10.6. The molecule has 0 heterocycles. The van der Waals surface area contributed by atoms with Crippen molar-refractivity contribution in [2.24, 2.45) is 10.9 Å². The molecule has 0 aliphatic rings. The van der Waals surface area contributed by atoms with E-state index in [2.05, 4.69) is 29.5 Å². The summed E-state index contributed by atoms with van der Waals surface area (Å²) in [5, 5.41) is 6.25. The molecular weight excluding hydrogens is 326 g/mol. The minimum atomic E-state index is -3.13. The fourth-order valence-electron chi connectivity index (χ4n) is 2.08. The Morgan fingerprint density at radius 1 is 1.17 bits per heavy atom. The predicted molar refractivity (Wildman–Crippen MR) is 102 cm³/mol. The maximum atomic E-state index is 12.1. The van der Waals surface area contributed by atoms with Crippen molar-refractivity contribution in [1.82, 2.24) is 10.6 Å². The molecule has 0 amide bonds. The number of hydrogen-bond donors (Lipinski definition) is 2. The SMILES string of the molecule is CCNC(=NCCC(OCC)C(C)C)NCCS(=O)(=O)C(C)(C)C. The molecule has 1 unspecified atom stereocenters. The van der Waals surface area contributed by atoms with Gasteiger partial charge in [-0.15, -0.1) is 0 Å². The topological polar surface area (TPSA) is 79.8 Å². The van der Waals surface area contributed by atoms with Crippen molar-refractivity contribution < 1.29 is 13.2 Å². The largest absolute Gasteiger partial charge is 0.378 e. The zero-order valence-corrected chi connectivity index (χ0v) is 17.3. The van der Waals surface area contributed by atoms with Crippen LogP contribution in [0.2, 0.25) is 0 Å². The van der Waals surface area contributed by atoms with Crippen molar-refractivity contribution in [3.63, 3.8) is 0 Å². The molecule has 6 nitrogen and oxygen atoms in total. The first-order chi connectivity index (χ1) is 11.0. The van der Waals surface area contributed by atoms with Gasteiger partial charge in [-0.3, -0.25) is 4.99 Å². The van der Waals surface area contributed by atoms with Crippen LogP contribution < -0.4 is 10.6 Å². The van der Waals surface area contributed by atoms with E-state index in [0.717, 1.165) is 13.0 Å². The quantitative estimate of drug-likeness (QED) is 0.459. The van der Waals surface area contributed by atoms with Crippen LogP contribution in [-0.4, -0.2) is 57.2 Å². The van der Waals surface area contributed by atoms with Gasteiger partial charge in [0.1, 0.15) is 0 Å². The van der Waals surface area contributed by atoms with Gasteiger partial charge in [-0.2, -0.15) is 0 Å². The molecule has 0 bridgehead atoms. The number of ether oxygens (including phenoxy) is 1. The van der Waals surface area contributed by atoms with Gasteiger partial charge in [0, 0.05) is 26.2 Å². The first-order valence-electron chi connectivity index (χ1n) is 8.91. The lowest BCUT2D eigenvalue weighted by Crippen LogP contribution is -2.42. The van der Waals surface area contributed by atoms with Gasteiger partial charge >= 0.3 is 0 Å². The monoisotopic (exact) mass is 363 g/mol. The molecule has 144 valence electrons. The highest BCUT2D eigenvalue weighted by Gasteiger charge is 2.28. The molecule has 0 aromatic rings. The average molecular weight is 364 g/mol. The minimum absolute atomic E-state index is 0.0917. The summed E-state index contributed by atoms with van der Waals surface area (Å²) in [6, 6.07) is 0. The highest BCUT2D eigenvalue weighted by atomic mass is 32.2. The van der Waals surface area contributed by atoms with Crippen LogP contribution in [-0.2, 0) is 14.6 Å². The zero-order valence-electron chi connectivity index (χ0n) is 16.5. The predicted octanol–water partition coefficient (Wildman–Crippen LogP) is 2.21. The Morgan fingerprint density at radius 2 is 1.79 bits per heavy atom. The lowest BCUT2D eigenvalue weighted by molar-refractivity contribution is 0.0266. The third kappa shape index (κ3) is 8.87. The minimum Gasteiger partial charge on any atom is -0.378 e. The molecule has 1 atom stereocenters. The Hall–Kier alpha value is -0.820. The second-order valence-corrected chi connectivity index (χ2v) is 10.0. The molecule has 0 radical (unpaired) electrons. The number of hydrogen-bond acceptors (Lipinski definition) is 4. The van der Waals surface area contributed by atoms with Crippen LogP contribution in [0.25, 0.3) is 0 Å². The third-order valence-corrected chi connectivity index (χ3v) is 6.36. The van der Waals surface area contributed by atoms with E-state index in [9.17, 15) is 8.42 Å². The molecule has 0 aliphatic heterocycles. The lowest BCUT2D eigenvalue weighted by atomic mass is 10.0. The Balaban J connectivity index is 4.53. The van der Waals surface area contributed by atoms with Gasteiger partial charge in [0.15, 0.2) is 15.8 Å². The van der Waals surface area contributed by atoms with E-state index in [4.69, 9.17) is 4.74 Å². The summed E-state index contributed by atoms with van der Waals surface area (Å²) in [5.41, 5.74) is 0. The number of nitrogens with zero attached hydrogens (tertiary/aromatic N) is 1. The van der Waals surface area contributed by atoms with E-state index in [-0.39, 0.29) is 11.9 Å². The van der Waals surface area contributed by atoms with Crippen molar-refractivity contribution >= 4 is 15.8 Å². The van der Waals surface area contributed by atoms with Crippen LogP contribution in [0, 0.1) is 5.92 Å². The van der Waals surface area contributed by atoms with E-state index >= 15 is 0 Å². The zero-order chi connectivity index (χ0) is 18.8. The Morgan fingerprint density at radius 3 is 2.25 bits per heavy atom. The summed E-state index contributed by atoms with van der Waals surface area (Å²) < 4.78 is 29.2. The van der Waals surface area contributed by atoms with Crippen LogP contribution in [0.3, 0.4) is 0 Å². The van der Waals surface area contributed by atoms with E-state index in [1.807, 2.05) is 13.8 Å². The number of nitrogens with one attached hydrogen (secondary N) is 2. The van der Waals surface area contributed by atoms with Crippen LogP contribution in [0.15, 0.2) is 4.99 Å². The summed E-state index contributed by atoms with van der Waals surface area (Å²) in [7, 11) is -3.13. The molecule has 0 aromatic heterocycles. The molecule has 0 spiro atoms. The fourth-order valence-corrected chi connectivity index (χ4v) is 3.06. The standard InChI is InChI=1S/C17H37N3O3S/c1-8-18-16(19-11-10-15(14(3)4)23-9-2)20-12-13-24(21,22)17(5,6)7/h14-15H,8-13H2,1-7H3,(H2,18,19,20). The highest BCUT2D eigenvalue weighted by Crippen LogP contribution is 2.15. The molecular formula is C17H37N3O3S. The van der Waals surface area contributed by atoms with Crippen LogP contribution >= 0.6 is 0 Å². The number of guanidine groups is 1.